The van der Waals surface area contributed by atoms with Crippen molar-refractivity contribution in [2.24, 2.45) is 0 Å². The molecule has 2 aromatic carbocycles. The first-order valence-electron chi connectivity index (χ1n) is 8.42. The van der Waals surface area contributed by atoms with Crippen molar-refractivity contribution in [2.75, 3.05) is 24.9 Å². The van der Waals surface area contributed by atoms with E-state index in [4.69, 9.17) is 9.47 Å². The summed E-state index contributed by atoms with van der Waals surface area (Å²) in [7, 11) is 3.21. The fourth-order valence-corrected chi connectivity index (χ4v) is 2.58. The summed E-state index contributed by atoms with van der Waals surface area (Å²) >= 11 is 0. The lowest BCUT2D eigenvalue weighted by molar-refractivity contribution is 0.102. The van der Waals surface area contributed by atoms with Gasteiger partial charge in [0.1, 0.15) is 17.3 Å². The average Bonchev–Trinajstić information content (AvgIpc) is 2.69. The number of nitrogens with one attached hydrogen (secondary N) is 2. The van der Waals surface area contributed by atoms with Gasteiger partial charge in [0.05, 0.1) is 19.9 Å². The number of hydrogen-bond donors (Lipinski definition) is 2. The lowest BCUT2D eigenvalue weighted by Crippen LogP contribution is -2.12. The molecule has 2 N–H and O–H groups in total. The minimum atomic E-state index is -0.221. The molecule has 3 aromatic rings. The van der Waals surface area contributed by atoms with E-state index in [-0.39, 0.29) is 5.91 Å². The van der Waals surface area contributed by atoms with Gasteiger partial charge in [-0.2, -0.15) is 0 Å². The minimum Gasteiger partial charge on any atom is -0.497 e. The lowest BCUT2D eigenvalue weighted by atomic mass is 10.2. The summed E-state index contributed by atoms with van der Waals surface area (Å²) in [6.07, 6.45) is 1.59. The number of pyridine rings is 1. The highest BCUT2D eigenvalue weighted by atomic mass is 16.5. The van der Waals surface area contributed by atoms with Crippen molar-refractivity contribution in [3.05, 3.63) is 71.9 Å². The van der Waals surface area contributed by atoms with Crippen molar-refractivity contribution in [1.82, 2.24) is 4.98 Å². The summed E-state index contributed by atoms with van der Waals surface area (Å²) in [6.45, 7) is 2.00. The number of amides is 1. The zero-order chi connectivity index (χ0) is 19.2. The Morgan fingerprint density at radius 1 is 0.963 bits per heavy atom. The van der Waals surface area contributed by atoms with Crippen LogP contribution in [0.15, 0.2) is 60.8 Å². The maximum atomic E-state index is 12.5. The largest absolute Gasteiger partial charge is 0.497 e. The molecule has 0 spiro atoms. The first kappa shape index (κ1) is 18.3. The van der Waals surface area contributed by atoms with Crippen molar-refractivity contribution in [3.8, 4) is 11.5 Å². The Balaban J connectivity index is 1.76. The number of carbonyl (C=O) groups is 1. The molecule has 0 aliphatic carbocycles. The molecule has 0 aliphatic heterocycles. The van der Waals surface area contributed by atoms with Gasteiger partial charge in [-0.15, -0.1) is 0 Å². The third kappa shape index (κ3) is 4.55. The third-order valence-corrected chi connectivity index (χ3v) is 3.99. The van der Waals surface area contributed by atoms with Gasteiger partial charge in [0, 0.05) is 17.4 Å². The molecule has 3 rings (SSSR count). The molecule has 6 nitrogen and oxygen atoms in total. The Morgan fingerprint density at radius 2 is 1.74 bits per heavy atom. The summed E-state index contributed by atoms with van der Waals surface area (Å²) < 4.78 is 10.5. The summed E-state index contributed by atoms with van der Waals surface area (Å²) in [6, 6.07) is 16.3. The Bertz CT molecular complexity index is 940. The number of aryl methyl sites for hydroxylation is 1. The second-order valence-electron chi connectivity index (χ2n) is 5.94. The molecule has 1 amide bonds. The topological polar surface area (TPSA) is 72.5 Å². The van der Waals surface area contributed by atoms with Crippen LogP contribution in [0.3, 0.4) is 0 Å². The number of ether oxygens (including phenoxy) is 2. The van der Waals surface area contributed by atoms with Gasteiger partial charge in [-0.25, -0.2) is 4.98 Å². The molecular formula is C21H21N3O3. The van der Waals surface area contributed by atoms with E-state index < -0.39 is 0 Å². The van der Waals surface area contributed by atoms with Crippen LogP contribution in [-0.4, -0.2) is 25.1 Å². The molecule has 0 unspecified atom stereocenters. The highest BCUT2D eigenvalue weighted by molar-refractivity contribution is 6.04. The average molecular weight is 363 g/mol. The Morgan fingerprint density at radius 3 is 2.44 bits per heavy atom. The fraction of sp³-hybridized carbons (Fsp3) is 0.143. The molecule has 0 bridgehead atoms. The number of rotatable bonds is 6. The molecule has 0 aliphatic rings. The first-order valence-corrected chi connectivity index (χ1v) is 8.42. The highest BCUT2D eigenvalue weighted by Gasteiger charge is 2.10. The molecule has 27 heavy (non-hydrogen) atoms. The number of hydrogen-bond acceptors (Lipinski definition) is 5. The van der Waals surface area contributed by atoms with Crippen LogP contribution in [0.1, 0.15) is 15.9 Å². The normalized spacial score (nSPS) is 10.2. The quantitative estimate of drug-likeness (QED) is 0.679. The molecule has 138 valence electrons. The Labute approximate surface area is 158 Å². The Kier molecular flexibility index (Phi) is 5.56. The number of nitrogens with zero attached hydrogens (tertiary/aromatic N) is 1. The van der Waals surface area contributed by atoms with Gasteiger partial charge in [0.25, 0.3) is 5.91 Å². The number of anilines is 3. The zero-order valence-corrected chi connectivity index (χ0v) is 15.4. The van der Waals surface area contributed by atoms with Gasteiger partial charge in [0.15, 0.2) is 0 Å². The monoisotopic (exact) mass is 363 g/mol. The minimum absolute atomic E-state index is 0.221. The first-order chi connectivity index (χ1) is 13.1. The smallest absolute Gasteiger partial charge is 0.255 e. The van der Waals surface area contributed by atoms with Gasteiger partial charge in [0.2, 0.25) is 0 Å². The van der Waals surface area contributed by atoms with Crippen molar-refractivity contribution in [2.45, 2.75) is 6.92 Å². The van der Waals surface area contributed by atoms with Crippen LogP contribution in [-0.2, 0) is 0 Å². The summed E-state index contributed by atoms with van der Waals surface area (Å²) in [4.78, 5) is 16.8. The third-order valence-electron chi connectivity index (χ3n) is 3.99. The van der Waals surface area contributed by atoms with Crippen molar-refractivity contribution in [3.63, 3.8) is 0 Å². The summed E-state index contributed by atoms with van der Waals surface area (Å²) in [5.41, 5.74) is 3.06. The molecule has 6 heteroatoms. The summed E-state index contributed by atoms with van der Waals surface area (Å²) in [5, 5.41) is 6.06. The van der Waals surface area contributed by atoms with Crippen LogP contribution in [0.25, 0.3) is 0 Å². The second kappa shape index (κ2) is 8.23. The van der Waals surface area contributed by atoms with E-state index in [1.807, 2.05) is 25.1 Å². The van der Waals surface area contributed by atoms with Crippen molar-refractivity contribution < 1.29 is 14.3 Å². The van der Waals surface area contributed by atoms with E-state index in [2.05, 4.69) is 15.6 Å². The van der Waals surface area contributed by atoms with Crippen LogP contribution >= 0.6 is 0 Å². The van der Waals surface area contributed by atoms with Gasteiger partial charge in [-0.1, -0.05) is 6.07 Å². The highest BCUT2D eigenvalue weighted by Crippen LogP contribution is 2.28. The number of methoxy groups -OCH3 is 2. The van der Waals surface area contributed by atoms with Crippen LogP contribution in [0.4, 0.5) is 17.2 Å². The maximum Gasteiger partial charge on any atom is 0.255 e. The van der Waals surface area contributed by atoms with Crippen LogP contribution in [0.2, 0.25) is 0 Å². The zero-order valence-electron chi connectivity index (χ0n) is 15.4. The number of benzene rings is 2. The molecule has 1 heterocycles. The van der Waals surface area contributed by atoms with Crippen molar-refractivity contribution in [1.29, 1.82) is 0 Å². The Hall–Kier alpha value is -3.54. The molecule has 0 saturated heterocycles. The number of aromatic nitrogens is 1. The van der Waals surface area contributed by atoms with Gasteiger partial charge in [-0.3, -0.25) is 4.79 Å². The second-order valence-corrected chi connectivity index (χ2v) is 5.94. The van der Waals surface area contributed by atoms with Gasteiger partial charge < -0.3 is 20.1 Å². The van der Waals surface area contributed by atoms with Gasteiger partial charge in [-0.05, 0) is 61.0 Å². The predicted octanol–water partition coefficient (Wildman–Crippen LogP) is 4.40. The van der Waals surface area contributed by atoms with E-state index in [0.29, 0.717) is 22.8 Å². The van der Waals surface area contributed by atoms with Crippen LogP contribution in [0.5, 0.6) is 11.5 Å². The van der Waals surface area contributed by atoms with Crippen LogP contribution in [0, 0.1) is 6.92 Å². The molecule has 1 aromatic heterocycles. The van der Waals surface area contributed by atoms with E-state index >= 15 is 0 Å². The molecule has 0 saturated carbocycles. The van der Waals surface area contributed by atoms with Crippen molar-refractivity contribution >= 4 is 23.1 Å². The lowest BCUT2D eigenvalue weighted by Gasteiger charge is -2.12. The molecule has 0 radical (unpaired) electrons. The van der Waals surface area contributed by atoms with Crippen LogP contribution < -0.4 is 20.1 Å². The number of carbonyl (C=O) groups excluding carboxylic acids is 1. The maximum absolute atomic E-state index is 12.5. The van der Waals surface area contributed by atoms with E-state index in [9.17, 15) is 4.79 Å². The molecule has 0 fully saturated rings. The van der Waals surface area contributed by atoms with E-state index in [1.165, 1.54) is 0 Å². The van der Waals surface area contributed by atoms with E-state index in [0.717, 1.165) is 17.0 Å². The van der Waals surface area contributed by atoms with E-state index in [1.54, 1.807) is 56.8 Å². The SMILES string of the molecule is COc1ccc(NC(=O)c2ccnc(Nc3cc(C)ccc3OC)c2)cc1. The van der Waals surface area contributed by atoms with Gasteiger partial charge >= 0.3 is 0 Å². The predicted molar refractivity (Wildman–Crippen MR) is 106 cm³/mol. The fourth-order valence-electron chi connectivity index (χ4n) is 2.58. The standard InChI is InChI=1S/C21H21N3O3/c1-14-4-9-19(27-3)18(12-14)24-20-13-15(10-11-22-20)21(25)23-16-5-7-17(26-2)8-6-16/h4-13H,1-3H3,(H,22,24)(H,23,25). The molecule has 0 atom stereocenters. The summed E-state index contributed by atoms with van der Waals surface area (Å²) in [5.74, 6) is 1.77. The molecular weight excluding hydrogens is 342 g/mol.